The van der Waals surface area contributed by atoms with Gasteiger partial charge in [0.05, 0.1) is 0 Å². The smallest absolute Gasteiger partial charge is 0.220 e. The van der Waals surface area contributed by atoms with Crippen molar-refractivity contribution in [1.82, 2.24) is 15.5 Å². The van der Waals surface area contributed by atoms with Crippen molar-refractivity contribution in [2.45, 2.75) is 44.7 Å². The summed E-state index contributed by atoms with van der Waals surface area (Å²) in [6.07, 6.45) is 4.47. The molecule has 4 nitrogen and oxygen atoms in total. The monoisotopic (exact) mass is 265 g/mol. The van der Waals surface area contributed by atoms with Gasteiger partial charge in [-0.2, -0.15) is 0 Å². The lowest BCUT2D eigenvalue weighted by atomic mass is 9.88. The SMILES string of the molecule is C[C@H]1C[C@H]2NC(=O)C[C@H]2[C@@H]1CNC1CCN(C)CC1. The van der Waals surface area contributed by atoms with E-state index in [9.17, 15) is 4.79 Å². The van der Waals surface area contributed by atoms with E-state index in [1.165, 1.54) is 32.4 Å². The Balaban J connectivity index is 1.50. The summed E-state index contributed by atoms with van der Waals surface area (Å²) in [7, 11) is 2.20. The maximum Gasteiger partial charge on any atom is 0.220 e. The number of piperidine rings is 1. The highest BCUT2D eigenvalue weighted by Gasteiger charge is 2.46. The van der Waals surface area contributed by atoms with E-state index in [1.54, 1.807) is 0 Å². The molecule has 0 aromatic rings. The van der Waals surface area contributed by atoms with Gasteiger partial charge in [-0.3, -0.25) is 4.79 Å². The molecule has 2 saturated heterocycles. The number of amides is 1. The Hall–Kier alpha value is -0.610. The summed E-state index contributed by atoms with van der Waals surface area (Å²) in [5.74, 6) is 2.28. The van der Waals surface area contributed by atoms with Gasteiger partial charge in [0.1, 0.15) is 0 Å². The largest absolute Gasteiger partial charge is 0.353 e. The lowest BCUT2D eigenvalue weighted by Crippen LogP contribution is -2.43. The molecule has 0 radical (unpaired) electrons. The third kappa shape index (κ3) is 2.79. The standard InChI is InChI=1S/C15H27N3O/c1-10-7-14-12(8-15(19)17-14)13(10)9-16-11-3-5-18(2)6-4-11/h10-14,16H,3-9H2,1-2H3,(H,17,19)/t10-,12-,13+,14+/m0/s1. The molecule has 3 fully saturated rings. The van der Waals surface area contributed by atoms with Gasteiger partial charge in [-0.15, -0.1) is 0 Å². The van der Waals surface area contributed by atoms with Crippen molar-refractivity contribution in [2.24, 2.45) is 17.8 Å². The number of hydrogen-bond donors (Lipinski definition) is 2. The van der Waals surface area contributed by atoms with Crippen LogP contribution in [0.3, 0.4) is 0 Å². The second kappa shape index (κ2) is 5.41. The normalized spacial score (nSPS) is 40.4. The lowest BCUT2D eigenvalue weighted by molar-refractivity contribution is -0.119. The summed E-state index contributed by atoms with van der Waals surface area (Å²) in [6.45, 7) is 5.88. The van der Waals surface area contributed by atoms with Gasteiger partial charge in [-0.05, 0) is 63.7 Å². The highest BCUT2D eigenvalue weighted by molar-refractivity contribution is 5.79. The van der Waals surface area contributed by atoms with E-state index in [1.807, 2.05) is 0 Å². The van der Waals surface area contributed by atoms with Gasteiger partial charge in [0.2, 0.25) is 5.91 Å². The first-order valence-electron chi connectivity index (χ1n) is 7.85. The van der Waals surface area contributed by atoms with Gasteiger partial charge in [0.25, 0.3) is 0 Å². The number of nitrogens with zero attached hydrogens (tertiary/aromatic N) is 1. The van der Waals surface area contributed by atoms with Gasteiger partial charge in [0.15, 0.2) is 0 Å². The van der Waals surface area contributed by atoms with Crippen molar-refractivity contribution < 1.29 is 4.79 Å². The third-order valence-electron chi connectivity index (χ3n) is 5.55. The van der Waals surface area contributed by atoms with Gasteiger partial charge < -0.3 is 15.5 Å². The minimum atomic E-state index is 0.270. The Morgan fingerprint density at radius 1 is 1.37 bits per heavy atom. The Morgan fingerprint density at radius 3 is 2.84 bits per heavy atom. The summed E-state index contributed by atoms with van der Waals surface area (Å²) in [6, 6.07) is 1.15. The molecule has 0 spiro atoms. The van der Waals surface area contributed by atoms with Crippen LogP contribution in [0.2, 0.25) is 0 Å². The molecule has 0 bridgehead atoms. The Morgan fingerprint density at radius 2 is 2.11 bits per heavy atom. The van der Waals surface area contributed by atoms with E-state index in [0.717, 1.165) is 18.9 Å². The van der Waals surface area contributed by atoms with Crippen LogP contribution >= 0.6 is 0 Å². The summed E-state index contributed by atoms with van der Waals surface area (Å²) >= 11 is 0. The van der Waals surface area contributed by atoms with Crippen LogP contribution < -0.4 is 10.6 Å². The molecule has 4 atom stereocenters. The molecule has 0 unspecified atom stereocenters. The first kappa shape index (κ1) is 13.4. The molecule has 1 saturated carbocycles. The third-order valence-corrected chi connectivity index (χ3v) is 5.55. The molecular weight excluding hydrogens is 238 g/mol. The number of hydrogen-bond acceptors (Lipinski definition) is 3. The summed E-state index contributed by atoms with van der Waals surface area (Å²) in [5.41, 5.74) is 0. The lowest BCUT2D eigenvalue weighted by Gasteiger charge is -2.31. The molecule has 2 heterocycles. The zero-order chi connectivity index (χ0) is 13.4. The number of carbonyl (C=O) groups excluding carboxylic acids is 1. The van der Waals surface area contributed by atoms with Crippen LogP contribution in [-0.4, -0.2) is 49.6 Å². The number of likely N-dealkylation sites (tertiary alicyclic amines) is 1. The van der Waals surface area contributed by atoms with Crippen molar-refractivity contribution in [3.63, 3.8) is 0 Å². The highest BCUT2D eigenvalue weighted by atomic mass is 16.2. The van der Waals surface area contributed by atoms with Crippen LogP contribution in [0, 0.1) is 17.8 Å². The van der Waals surface area contributed by atoms with Gasteiger partial charge in [0, 0.05) is 18.5 Å². The van der Waals surface area contributed by atoms with Gasteiger partial charge in [-0.1, -0.05) is 6.92 Å². The molecular formula is C15H27N3O. The van der Waals surface area contributed by atoms with Crippen LogP contribution in [0.15, 0.2) is 0 Å². The summed E-state index contributed by atoms with van der Waals surface area (Å²) in [4.78, 5) is 13.9. The molecule has 4 heteroatoms. The summed E-state index contributed by atoms with van der Waals surface area (Å²) in [5, 5.41) is 6.92. The highest BCUT2D eigenvalue weighted by Crippen LogP contribution is 2.41. The van der Waals surface area contributed by atoms with Gasteiger partial charge >= 0.3 is 0 Å². The predicted molar refractivity (Wildman–Crippen MR) is 75.8 cm³/mol. The average molecular weight is 265 g/mol. The van der Waals surface area contributed by atoms with Crippen molar-refractivity contribution in [3.8, 4) is 0 Å². The fourth-order valence-corrected chi connectivity index (χ4v) is 4.28. The van der Waals surface area contributed by atoms with E-state index in [-0.39, 0.29) is 5.91 Å². The molecule has 1 amide bonds. The Bertz CT molecular complexity index is 338. The molecule has 0 aromatic heterocycles. The van der Waals surface area contributed by atoms with E-state index >= 15 is 0 Å². The first-order valence-corrected chi connectivity index (χ1v) is 7.85. The molecule has 3 aliphatic rings. The number of rotatable bonds is 3. The van der Waals surface area contributed by atoms with E-state index < -0.39 is 0 Å². The molecule has 2 aliphatic heterocycles. The van der Waals surface area contributed by atoms with Crippen molar-refractivity contribution in [3.05, 3.63) is 0 Å². The number of carbonyl (C=O) groups is 1. The van der Waals surface area contributed by atoms with Crippen LogP contribution in [0.1, 0.15) is 32.6 Å². The van der Waals surface area contributed by atoms with Crippen molar-refractivity contribution >= 4 is 5.91 Å². The molecule has 108 valence electrons. The molecule has 0 aromatic carbocycles. The Labute approximate surface area is 116 Å². The quantitative estimate of drug-likeness (QED) is 0.794. The fraction of sp³-hybridized carbons (Fsp3) is 0.933. The minimum Gasteiger partial charge on any atom is -0.353 e. The first-order chi connectivity index (χ1) is 9.13. The van der Waals surface area contributed by atoms with E-state index in [0.29, 0.717) is 23.9 Å². The van der Waals surface area contributed by atoms with Crippen LogP contribution in [0.25, 0.3) is 0 Å². The Kier molecular flexibility index (Phi) is 3.81. The van der Waals surface area contributed by atoms with E-state index in [2.05, 4.69) is 29.5 Å². The minimum absolute atomic E-state index is 0.270. The van der Waals surface area contributed by atoms with Crippen molar-refractivity contribution in [1.29, 1.82) is 0 Å². The van der Waals surface area contributed by atoms with Crippen LogP contribution in [0.4, 0.5) is 0 Å². The second-order valence-electron chi connectivity index (χ2n) is 6.90. The average Bonchev–Trinajstić information content (AvgIpc) is 2.85. The topological polar surface area (TPSA) is 44.4 Å². The molecule has 19 heavy (non-hydrogen) atoms. The summed E-state index contributed by atoms with van der Waals surface area (Å²) < 4.78 is 0. The molecule has 2 N–H and O–H groups in total. The zero-order valence-corrected chi connectivity index (χ0v) is 12.2. The second-order valence-corrected chi connectivity index (χ2v) is 6.90. The number of fused-ring (bicyclic) bond motifs is 1. The van der Waals surface area contributed by atoms with Crippen LogP contribution in [0.5, 0.6) is 0 Å². The van der Waals surface area contributed by atoms with E-state index in [4.69, 9.17) is 0 Å². The fourth-order valence-electron chi connectivity index (χ4n) is 4.28. The number of nitrogens with one attached hydrogen (secondary N) is 2. The molecule has 3 rings (SSSR count). The molecule has 1 aliphatic carbocycles. The van der Waals surface area contributed by atoms with Crippen LogP contribution in [-0.2, 0) is 4.79 Å². The maximum atomic E-state index is 11.5. The van der Waals surface area contributed by atoms with Gasteiger partial charge in [-0.25, -0.2) is 0 Å². The maximum absolute atomic E-state index is 11.5. The van der Waals surface area contributed by atoms with Crippen molar-refractivity contribution in [2.75, 3.05) is 26.7 Å². The zero-order valence-electron chi connectivity index (χ0n) is 12.2. The predicted octanol–water partition coefficient (Wildman–Crippen LogP) is 0.831.